The minimum atomic E-state index is -0.671. The summed E-state index contributed by atoms with van der Waals surface area (Å²) >= 11 is 0. The SMILES string of the molecule is CC.CC.CC.CNCCOCCOCCOCCN(N)/C=C(\N)CN1CCS(=O)CC1.CNCc1ccc(N(N)/C=C(\N)COC2CCCCO2)cc1. The monoisotopic (exact) mass is 790 g/mol. The van der Waals surface area contributed by atoms with Crippen LogP contribution < -0.4 is 38.8 Å². The van der Waals surface area contributed by atoms with E-state index in [4.69, 9.17) is 46.8 Å². The van der Waals surface area contributed by atoms with Crippen LogP contribution in [0.25, 0.3) is 0 Å². The van der Waals surface area contributed by atoms with Gasteiger partial charge in [0.25, 0.3) is 0 Å². The van der Waals surface area contributed by atoms with E-state index in [9.17, 15) is 4.21 Å². The molecule has 2 saturated heterocycles. The van der Waals surface area contributed by atoms with E-state index in [0.29, 0.717) is 70.7 Å². The smallest absolute Gasteiger partial charge is 0.158 e. The van der Waals surface area contributed by atoms with Crippen LogP contribution in [0.15, 0.2) is 48.1 Å². The molecule has 3 rings (SSSR count). The first-order valence-corrected chi connectivity index (χ1v) is 21.2. The first kappa shape index (κ1) is 53.8. The van der Waals surface area contributed by atoms with Crippen LogP contribution >= 0.6 is 0 Å². The van der Waals surface area contributed by atoms with Gasteiger partial charge < -0.3 is 50.8 Å². The maximum Gasteiger partial charge on any atom is 0.158 e. The summed E-state index contributed by atoms with van der Waals surface area (Å²) in [5.41, 5.74) is 15.3. The topological polar surface area (TPSA) is 201 Å². The predicted octanol–water partition coefficient (Wildman–Crippen LogP) is 2.80. The fraction of sp³-hybridized carbons (Fsp3) is 0.737. The molecule has 318 valence electrons. The van der Waals surface area contributed by atoms with Crippen molar-refractivity contribution in [1.82, 2.24) is 20.5 Å². The van der Waals surface area contributed by atoms with Crippen molar-refractivity contribution < 1.29 is 27.9 Å². The fourth-order valence-corrected chi connectivity index (χ4v) is 5.74. The number of nitrogens with zero attached hydrogens (tertiary/aromatic N) is 3. The van der Waals surface area contributed by atoms with E-state index in [1.54, 1.807) is 12.4 Å². The molecule has 0 aliphatic carbocycles. The third kappa shape index (κ3) is 29.9. The highest BCUT2D eigenvalue weighted by molar-refractivity contribution is 7.85. The Bertz CT molecular complexity index is 1040. The minimum absolute atomic E-state index is 0.146. The molecule has 2 heterocycles. The average molecular weight is 790 g/mol. The number of anilines is 1. The van der Waals surface area contributed by atoms with E-state index in [0.717, 1.165) is 69.2 Å². The van der Waals surface area contributed by atoms with Crippen molar-refractivity contribution in [3.63, 3.8) is 0 Å². The Morgan fingerprint density at radius 1 is 0.852 bits per heavy atom. The Labute approximate surface area is 330 Å². The largest absolute Gasteiger partial charge is 0.400 e. The van der Waals surface area contributed by atoms with Crippen LogP contribution in [-0.2, 0) is 41.0 Å². The van der Waals surface area contributed by atoms with E-state index < -0.39 is 10.8 Å². The van der Waals surface area contributed by atoms with Crippen LogP contribution in [-0.4, -0.2) is 132 Å². The molecule has 54 heavy (non-hydrogen) atoms. The Morgan fingerprint density at radius 2 is 1.44 bits per heavy atom. The van der Waals surface area contributed by atoms with Gasteiger partial charge in [-0.2, -0.15) is 0 Å². The summed E-state index contributed by atoms with van der Waals surface area (Å²) in [6, 6.07) is 7.98. The zero-order valence-corrected chi connectivity index (χ0v) is 35.8. The highest BCUT2D eigenvalue weighted by Crippen LogP contribution is 2.15. The van der Waals surface area contributed by atoms with Gasteiger partial charge in [0, 0.05) is 79.7 Å². The summed E-state index contributed by atoms with van der Waals surface area (Å²) in [7, 11) is 3.14. The molecule has 15 nitrogen and oxygen atoms in total. The van der Waals surface area contributed by atoms with Gasteiger partial charge in [0.05, 0.1) is 64.2 Å². The zero-order chi connectivity index (χ0) is 40.8. The van der Waals surface area contributed by atoms with Crippen LogP contribution in [0.2, 0.25) is 0 Å². The molecule has 2 aliphatic heterocycles. The molecule has 1 unspecified atom stereocenters. The summed E-state index contributed by atoms with van der Waals surface area (Å²) in [5.74, 6) is 13.3. The lowest BCUT2D eigenvalue weighted by Gasteiger charge is -2.26. The second-order valence-electron chi connectivity index (χ2n) is 11.4. The molecular formula is C38H79N9O6S. The van der Waals surface area contributed by atoms with Crippen LogP contribution in [0.3, 0.4) is 0 Å². The molecule has 0 saturated carbocycles. The molecule has 1 aromatic carbocycles. The fourth-order valence-electron chi connectivity index (χ4n) is 4.61. The van der Waals surface area contributed by atoms with Gasteiger partial charge in [-0.1, -0.05) is 53.7 Å². The molecular weight excluding hydrogens is 711 g/mol. The Hall–Kier alpha value is -2.35. The quantitative estimate of drug-likeness (QED) is 0.0569. The van der Waals surface area contributed by atoms with Gasteiger partial charge in [0.15, 0.2) is 6.29 Å². The molecule has 0 bridgehead atoms. The van der Waals surface area contributed by atoms with Gasteiger partial charge >= 0.3 is 0 Å². The zero-order valence-electron chi connectivity index (χ0n) is 35.0. The molecule has 1 atom stereocenters. The first-order chi connectivity index (χ1) is 26.3. The van der Waals surface area contributed by atoms with Gasteiger partial charge in [-0.15, -0.1) is 0 Å². The molecule has 16 heteroatoms. The highest BCUT2D eigenvalue weighted by atomic mass is 32.2. The number of hydrogen-bond donors (Lipinski definition) is 6. The van der Waals surface area contributed by atoms with Crippen molar-refractivity contribution in [3.8, 4) is 0 Å². The van der Waals surface area contributed by atoms with Crippen molar-refractivity contribution in [3.05, 3.63) is 53.6 Å². The van der Waals surface area contributed by atoms with Crippen molar-refractivity contribution in [2.45, 2.75) is 73.6 Å². The van der Waals surface area contributed by atoms with Crippen molar-refractivity contribution in [1.29, 1.82) is 0 Å². The predicted molar refractivity (Wildman–Crippen MR) is 226 cm³/mol. The summed E-state index contributed by atoms with van der Waals surface area (Å²) in [6.07, 6.45) is 6.42. The number of benzene rings is 1. The van der Waals surface area contributed by atoms with Gasteiger partial charge in [-0.05, 0) is 51.1 Å². The van der Waals surface area contributed by atoms with E-state index in [1.165, 1.54) is 15.6 Å². The van der Waals surface area contributed by atoms with Gasteiger partial charge in [-0.25, -0.2) is 11.7 Å². The van der Waals surface area contributed by atoms with E-state index >= 15 is 0 Å². The van der Waals surface area contributed by atoms with Crippen LogP contribution in [0.4, 0.5) is 5.69 Å². The highest BCUT2D eigenvalue weighted by Gasteiger charge is 2.16. The third-order valence-electron chi connectivity index (χ3n) is 7.24. The number of ether oxygens (including phenoxy) is 5. The van der Waals surface area contributed by atoms with Crippen molar-refractivity contribution in [2.75, 3.05) is 116 Å². The average Bonchev–Trinajstić information content (AvgIpc) is 3.20. The van der Waals surface area contributed by atoms with E-state index in [1.807, 2.05) is 79.9 Å². The van der Waals surface area contributed by atoms with Crippen molar-refractivity contribution in [2.24, 2.45) is 23.2 Å². The molecule has 0 radical (unpaired) electrons. The van der Waals surface area contributed by atoms with Crippen LogP contribution in [0.1, 0.15) is 66.4 Å². The van der Waals surface area contributed by atoms with Gasteiger partial charge in [0.1, 0.15) is 0 Å². The second-order valence-corrected chi connectivity index (χ2v) is 13.1. The Morgan fingerprint density at radius 3 is 2.00 bits per heavy atom. The molecule has 0 aromatic heterocycles. The lowest BCUT2D eigenvalue weighted by Crippen LogP contribution is -2.40. The van der Waals surface area contributed by atoms with E-state index in [2.05, 4.69) is 15.5 Å². The minimum Gasteiger partial charge on any atom is -0.400 e. The standard InChI is InChI=1S/C16H35N5O4S.C16H26N4O2.3C2H6/c1-19-2-6-23-8-10-25-11-9-24-7-3-21(18)15-16(17)14-20-4-12-26(22)13-5-20;1-19-10-13-5-7-15(8-6-13)20(18)11-14(17)12-22-16-4-2-3-9-21-16;3*1-2/h15,19H,2-14,17-18H2,1H3;5-8,11,16,19H,2-4,9-10,12,17-18H2,1H3;3*1-2H3/b16-15-;14-11-;;;. The van der Waals surface area contributed by atoms with Gasteiger partial charge in [0.2, 0.25) is 0 Å². The maximum absolute atomic E-state index is 11.3. The number of rotatable bonds is 22. The third-order valence-corrected chi connectivity index (χ3v) is 8.51. The number of hydrogen-bond acceptors (Lipinski definition) is 15. The maximum atomic E-state index is 11.3. The number of nitrogens with two attached hydrogens (primary N) is 4. The number of likely N-dealkylation sites (N-methyl/N-ethyl adjacent to an activating group) is 1. The normalized spacial score (nSPS) is 16.3. The van der Waals surface area contributed by atoms with E-state index in [-0.39, 0.29) is 6.29 Å². The molecule has 0 amide bonds. The lowest BCUT2D eigenvalue weighted by atomic mass is 10.2. The molecule has 1 aromatic rings. The summed E-state index contributed by atoms with van der Waals surface area (Å²) in [5, 5.41) is 9.16. The number of hydrazine groups is 2. The molecule has 10 N–H and O–H groups in total. The Balaban J connectivity index is 0. The second kappa shape index (κ2) is 38.9. The molecule has 2 aliphatic rings. The Kier molecular flexibility index (Phi) is 38.7. The van der Waals surface area contributed by atoms with Crippen LogP contribution in [0, 0.1) is 0 Å². The lowest BCUT2D eigenvalue weighted by molar-refractivity contribution is -0.157. The van der Waals surface area contributed by atoms with Crippen molar-refractivity contribution >= 4 is 16.5 Å². The molecule has 0 spiro atoms. The molecule has 2 fully saturated rings. The first-order valence-electron chi connectivity index (χ1n) is 19.7. The van der Waals surface area contributed by atoms with Gasteiger partial charge in [-0.3, -0.25) is 14.1 Å². The van der Waals surface area contributed by atoms with Crippen LogP contribution in [0.5, 0.6) is 0 Å². The summed E-state index contributed by atoms with van der Waals surface area (Å²) in [6.45, 7) is 21.0. The summed E-state index contributed by atoms with van der Waals surface area (Å²) < 4.78 is 38.7. The number of nitrogens with one attached hydrogen (secondary N) is 2. The summed E-state index contributed by atoms with van der Waals surface area (Å²) in [4.78, 5) is 2.19.